The number of carbonyl (C=O) groups is 3. The van der Waals surface area contributed by atoms with E-state index in [1.165, 1.54) is 17.7 Å². The van der Waals surface area contributed by atoms with Crippen LogP contribution in [0.15, 0.2) is 82.6 Å². The molecule has 0 saturated heterocycles. The van der Waals surface area contributed by atoms with Crippen molar-refractivity contribution in [3.63, 3.8) is 0 Å². The molecule has 0 bridgehead atoms. The molecule has 1 aliphatic heterocycles. The molecule has 0 fully saturated rings. The quantitative estimate of drug-likeness (QED) is 0.614. The minimum absolute atomic E-state index is 0.227. The van der Waals surface area contributed by atoms with Gasteiger partial charge in [0.1, 0.15) is 0 Å². The van der Waals surface area contributed by atoms with Crippen molar-refractivity contribution in [1.29, 1.82) is 0 Å². The van der Waals surface area contributed by atoms with Gasteiger partial charge in [-0.15, -0.1) is 0 Å². The molecule has 3 aromatic carbocycles. The molecule has 138 valence electrons. The number of carbonyl (C=O) groups excluding carboxylic acids is 3. The number of aryl methyl sites for hydroxylation is 1. The van der Waals surface area contributed by atoms with Gasteiger partial charge in [-0.05, 0) is 55.0 Å². The molecular weight excluding hydrogens is 374 g/mol. The second-order valence-electron chi connectivity index (χ2n) is 6.22. The van der Waals surface area contributed by atoms with Crippen LogP contribution < -0.4 is 0 Å². The highest BCUT2D eigenvalue weighted by Gasteiger charge is 2.38. The number of rotatable bonds is 4. The first-order valence-corrected chi connectivity index (χ1v) is 9.40. The van der Waals surface area contributed by atoms with Crippen LogP contribution in [0.3, 0.4) is 0 Å². The van der Waals surface area contributed by atoms with E-state index in [0.717, 1.165) is 9.79 Å². The summed E-state index contributed by atoms with van der Waals surface area (Å²) in [7, 11) is 0. The lowest BCUT2D eigenvalue weighted by molar-refractivity contribution is -0.0584. The minimum Gasteiger partial charge on any atom is -0.324 e. The third kappa shape index (κ3) is 3.30. The third-order valence-corrected chi connectivity index (χ3v) is 5.53. The summed E-state index contributed by atoms with van der Waals surface area (Å²) in [4.78, 5) is 44.1. The zero-order chi connectivity index (χ0) is 19.7. The summed E-state index contributed by atoms with van der Waals surface area (Å²) in [5.41, 5.74) is 1.88. The fourth-order valence-electron chi connectivity index (χ4n) is 2.84. The maximum atomic E-state index is 12.4. The molecular formula is C22H15NO4S. The normalized spacial score (nSPS) is 12.8. The molecule has 1 heterocycles. The van der Waals surface area contributed by atoms with Gasteiger partial charge >= 0.3 is 5.97 Å². The molecule has 0 aliphatic carbocycles. The second-order valence-corrected chi connectivity index (χ2v) is 7.34. The van der Waals surface area contributed by atoms with Crippen LogP contribution in [0.5, 0.6) is 0 Å². The van der Waals surface area contributed by atoms with E-state index >= 15 is 0 Å². The first-order valence-electron chi connectivity index (χ1n) is 8.58. The standard InChI is InChI=1S/C22H15NO4S/c1-14-6-2-5-9-19(14)28-16-12-10-15(11-13-16)22(26)27-23-20(24)17-7-3-4-8-18(17)21(23)25/h2-13H,1H3. The lowest BCUT2D eigenvalue weighted by Crippen LogP contribution is -2.32. The van der Waals surface area contributed by atoms with Gasteiger partial charge in [0, 0.05) is 9.79 Å². The highest BCUT2D eigenvalue weighted by molar-refractivity contribution is 7.99. The molecule has 6 heteroatoms. The molecule has 0 saturated carbocycles. The van der Waals surface area contributed by atoms with Gasteiger partial charge in [-0.25, -0.2) is 4.79 Å². The van der Waals surface area contributed by atoms with Crippen LogP contribution in [0.2, 0.25) is 0 Å². The lowest BCUT2D eigenvalue weighted by Gasteiger charge is -2.13. The molecule has 3 aromatic rings. The summed E-state index contributed by atoms with van der Waals surface area (Å²) >= 11 is 1.59. The van der Waals surface area contributed by atoms with E-state index in [0.29, 0.717) is 5.06 Å². The van der Waals surface area contributed by atoms with E-state index in [2.05, 4.69) is 0 Å². The van der Waals surface area contributed by atoms with Crippen molar-refractivity contribution in [2.24, 2.45) is 0 Å². The smallest absolute Gasteiger partial charge is 0.324 e. The predicted molar refractivity (Wildman–Crippen MR) is 104 cm³/mol. The van der Waals surface area contributed by atoms with Crippen LogP contribution in [0, 0.1) is 6.92 Å². The van der Waals surface area contributed by atoms with Crippen molar-refractivity contribution in [1.82, 2.24) is 5.06 Å². The highest BCUT2D eigenvalue weighted by atomic mass is 32.2. The summed E-state index contributed by atoms with van der Waals surface area (Å²) in [6.45, 7) is 2.04. The summed E-state index contributed by atoms with van der Waals surface area (Å²) in [5, 5.41) is 0.517. The van der Waals surface area contributed by atoms with E-state index < -0.39 is 17.8 Å². The fourth-order valence-corrected chi connectivity index (χ4v) is 3.74. The van der Waals surface area contributed by atoms with E-state index in [9.17, 15) is 14.4 Å². The Bertz CT molecular complexity index is 1060. The third-order valence-electron chi connectivity index (χ3n) is 4.34. The van der Waals surface area contributed by atoms with Crippen molar-refractivity contribution in [3.8, 4) is 0 Å². The molecule has 1 aliphatic rings. The molecule has 0 N–H and O–H groups in total. The lowest BCUT2D eigenvalue weighted by atomic mass is 10.1. The van der Waals surface area contributed by atoms with E-state index in [1.807, 2.05) is 31.2 Å². The van der Waals surface area contributed by atoms with Crippen LogP contribution in [0.4, 0.5) is 0 Å². The molecule has 0 aromatic heterocycles. The Morgan fingerprint density at radius 2 is 1.39 bits per heavy atom. The number of benzene rings is 3. The molecule has 0 spiro atoms. The Kier molecular flexibility index (Phi) is 4.71. The molecule has 0 atom stereocenters. The Morgan fingerprint density at radius 1 is 0.821 bits per heavy atom. The number of amides is 2. The number of fused-ring (bicyclic) bond motifs is 1. The number of nitrogens with zero attached hydrogens (tertiary/aromatic N) is 1. The van der Waals surface area contributed by atoms with Crippen molar-refractivity contribution in [2.45, 2.75) is 16.7 Å². The Hall–Kier alpha value is -3.38. The molecule has 0 radical (unpaired) electrons. The maximum absolute atomic E-state index is 12.4. The number of hydroxylamine groups is 2. The first-order chi connectivity index (χ1) is 13.5. The molecule has 28 heavy (non-hydrogen) atoms. The number of hydrogen-bond donors (Lipinski definition) is 0. The Labute approximate surface area is 165 Å². The topological polar surface area (TPSA) is 63.7 Å². The average molecular weight is 389 g/mol. The zero-order valence-electron chi connectivity index (χ0n) is 14.9. The van der Waals surface area contributed by atoms with Crippen LogP contribution in [0.1, 0.15) is 36.6 Å². The molecule has 4 rings (SSSR count). The second kappa shape index (κ2) is 7.32. The van der Waals surface area contributed by atoms with Crippen LogP contribution in [-0.2, 0) is 4.84 Å². The summed E-state index contributed by atoms with van der Waals surface area (Å²) < 4.78 is 0. The summed E-state index contributed by atoms with van der Waals surface area (Å²) in [5.74, 6) is -2.04. The van der Waals surface area contributed by atoms with Crippen LogP contribution >= 0.6 is 11.8 Å². The number of imide groups is 1. The van der Waals surface area contributed by atoms with Gasteiger partial charge in [-0.3, -0.25) is 9.59 Å². The first kappa shape index (κ1) is 18.0. The number of hydrogen-bond acceptors (Lipinski definition) is 5. The maximum Gasteiger partial charge on any atom is 0.363 e. The van der Waals surface area contributed by atoms with Gasteiger partial charge in [-0.1, -0.05) is 47.2 Å². The summed E-state index contributed by atoms with van der Waals surface area (Å²) in [6.07, 6.45) is 0. The highest BCUT2D eigenvalue weighted by Crippen LogP contribution is 2.30. The van der Waals surface area contributed by atoms with Gasteiger partial charge in [0.2, 0.25) is 0 Å². The molecule has 5 nitrogen and oxygen atoms in total. The van der Waals surface area contributed by atoms with Crippen LogP contribution in [-0.4, -0.2) is 22.8 Å². The summed E-state index contributed by atoms with van der Waals surface area (Å²) in [6, 6.07) is 21.2. The van der Waals surface area contributed by atoms with Gasteiger partial charge in [0.25, 0.3) is 11.8 Å². The zero-order valence-corrected chi connectivity index (χ0v) is 15.7. The predicted octanol–water partition coefficient (Wildman–Crippen LogP) is 4.51. The SMILES string of the molecule is Cc1ccccc1Sc1ccc(C(=O)ON2C(=O)c3ccccc3C2=O)cc1. The van der Waals surface area contributed by atoms with Gasteiger partial charge in [-0.2, -0.15) is 0 Å². The van der Waals surface area contributed by atoms with Gasteiger partial charge < -0.3 is 4.84 Å². The Morgan fingerprint density at radius 3 is 2.00 bits per heavy atom. The van der Waals surface area contributed by atoms with Crippen molar-refractivity contribution < 1.29 is 19.2 Å². The fraction of sp³-hybridized carbons (Fsp3) is 0.0455. The van der Waals surface area contributed by atoms with Gasteiger partial charge in [0.05, 0.1) is 16.7 Å². The van der Waals surface area contributed by atoms with Crippen molar-refractivity contribution in [3.05, 3.63) is 95.1 Å². The minimum atomic E-state index is -0.762. The van der Waals surface area contributed by atoms with E-state index in [-0.39, 0.29) is 16.7 Å². The van der Waals surface area contributed by atoms with E-state index in [4.69, 9.17) is 4.84 Å². The van der Waals surface area contributed by atoms with Crippen molar-refractivity contribution in [2.75, 3.05) is 0 Å². The monoisotopic (exact) mass is 389 g/mol. The van der Waals surface area contributed by atoms with Gasteiger partial charge in [0.15, 0.2) is 0 Å². The largest absolute Gasteiger partial charge is 0.363 e. The Balaban J connectivity index is 1.47. The van der Waals surface area contributed by atoms with Crippen molar-refractivity contribution >= 4 is 29.5 Å². The average Bonchev–Trinajstić information content (AvgIpc) is 2.95. The van der Waals surface area contributed by atoms with E-state index in [1.54, 1.807) is 48.2 Å². The molecule has 2 amide bonds. The molecule has 0 unspecified atom stereocenters. The van der Waals surface area contributed by atoms with Crippen LogP contribution in [0.25, 0.3) is 0 Å².